The van der Waals surface area contributed by atoms with Crippen LogP contribution in [0, 0.1) is 0 Å². The molecule has 0 radical (unpaired) electrons. The highest BCUT2D eigenvalue weighted by Crippen LogP contribution is 2.36. The number of hydrazone groups is 1. The summed E-state index contributed by atoms with van der Waals surface area (Å²) < 4.78 is 38.6. The van der Waals surface area contributed by atoms with Crippen molar-refractivity contribution in [3.05, 3.63) is 58.6 Å². The van der Waals surface area contributed by atoms with Crippen molar-refractivity contribution >= 4 is 40.5 Å². The van der Waals surface area contributed by atoms with Crippen LogP contribution >= 0.6 is 11.6 Å². The summed E-state index contributed by atoms with van der Waals surface area (Å²) >= 11 is 5.53. The van der Waals surface area contributed by atoms with Gasteiger partial charge in [0.1, 0.15) is 0 Å². The summed E-state index contributed by atoms with van der Waals surface area (Å²) in [7, 11) is 0. The number of nitrogens with two attached hydrogens (primary N) is 1. The van der Waals surface area contributed by atoms with Crippen LogP contribution in [0.5, 0.6) is 0 Å². The van der Waals surface area contributed by atoms with E-state index in [2.05, 4.69) is 15.8 Å². The van der Waals surface area contributed by atoms with Gasteiger partial charge in [0.2, 0.25) is 5.91 Å². The molecule has 2 aromatic carbocycles. The minimum atomic E-state index is -4.64. The molecule has 0 bridgehead atoms. The van der Waals surface area contributed by atoms with E-state index in [0.29, 0.717) is 0 Å². The predicted molar refractivity (Wildman–Crippen MR) is 101 cm³/mol. The van der Waals surface area contributed by atoms with Crippen LogP contribution < -0.4 is 16.5 Å². The highest BCUT2D eigenvalue weighted by molar-refractivity contribution is 6.31. The van der Waals surface area contributed by atoms with Crippen molar-refractivity contribution in [3.63, 3.8) is 0 Å². The number of rotatable bonds is 5. The Morgan fingerprint density at radius 1 is 1.18 bits per heavy atom. The molecule has 28 heavy (non-hydrogen) atoms. The Morgan fingerprint density at radius 2 is 1.86 bits per heavy atom. The summed E-state index contributed by atoms with van der Waals surface area (Å²) in [6, 6.07) is 9.42. The molecule has 0 heterocycles. The van der Waals surface area contributed by atoms with Crippen molar-refractivity contribution in [2.24, 2.45) is 5.10 Å². The maximum atomic E-state index is 12.9. The molecular weight excluding hydrogens is 397 g/mol. The van der Waals surface area contributed by atoms with Crippen LogP contribution in [0.4, 0.5) is 24.5 Å². The number of hydrogen-bond donors (Lipinski definition) is 3. The Morgan fingerprint density at radius 3 is 2.50 bits per heavy atom. The summed E-state index contributed by atoms with van der Waals surface area (Å²) in [6.07, 6.45) is -4.88. The van der Waals surface area contributed by atoms with Gasteiger partial charge in [0.05, 0.1) is 22.6 Å². The number of benzene rings is 2. The molecule has 2 rings (SSSR count). The van der Waals surface area contributed by atoms with E-state index in [1.54, 1.807) is 18.2 Å². The van der Waals surface area contributed by atoms with Gasteiger partial charge in [-0.15, -0.1) is 0 Å². The fourth-order valence-corrected chi connectivity index (χ4v) is 2.43. The number of carbonyl (C=O) groups excluding carboxylic acids is 2. The molecule has 2 amide bonds. The number of para-hydroxylation sites is 1. The van der Waals surface area contributed by atoms with E-state index in [1.807, 2.05) is 0 Å². The Balaban J connectivity index is 1.98. The number of amides is 2. The minimum absolute atomic E-state index is 0.0596. The van der Waals surface area contributed by atoms with Crippen LogP contribution in [-0.2, 0) is 11.0 Å². The highest BCUT2D eigenvalue weighted by atomic mass is 35.5. The lowest BCUT2D eigenvalue weighted by molar-refractivity contribution is -0.137. The second-order valence-corrected chi connectivity index (χ2v) is 6.20. The molecule has 10 heteroatoms. The van der Waals surface area contributed by atoms with Crippen LogP contribution in [0.1, 0.15) is 29.3 Å². The maximum absolute atomic E-state index is 12.9. The molecule has 2 aromatic rings. The zero-order valence-electron chi connectivity index (χ0n) is 14.6. The molecule has 0 aliphatic carbocycles. The van der Waals surface area contributed by atoms with Crippen molar-refractivity contribution in [3.8, 4) is 0 Å². The van der Waals surface area contributed by atoms with E-state index >= 15 is 0 Å². The van der Waals surface area contributed by atoms with Crippen LogP contribution in [0.15, 0.2) is 47.6 Å². The predicted octanol–water partition coefficient (Wildman–Crippen LogP) is 4.08. The number of carbonyl (C=O) groups is 2. The number of nitrogens with zero attached hydrogens (tertiary/aromatic N) is 1. The molecule has 6 nitrogen and oxygen atoms in total. The smallest absolute Gasteiger partial charge is 0.398 e. The molecule has 4 N–H and O–H groups in total. The lowest BCUT2D eigenvalue weighted by atomic mass is 10.2. The van der Waals surface area contributed by atoms with Gasteiger partial charge in [-0.3, -0.25) is 9.59 Å². The second-order valence-electron chi connectivity index (χ2n) is 5.79. The van der Waals surface area contributed by atoms with E-state index in [1.165, 1.54) is 19.1 Å². The van der Waals surface area contributed by atoms with E-state index in [4.69, 9.17) is 17.3 Å². The lowest BCUT2D eigenvalue weighted by Gasteiger charge is -2.11. The standard InChI is InChI=1S/C18H16ClF3N4O2/c1-10(25-26-17(28)12-4-2-3-5-15(12)23)8-16(27)24-11-6-7-14(19)13(9-11)18(20,21)22/h2-7,9H,8,23H2,1H3,(H,24,27)(H,26,28). The molecule has 0 fully saturated rings. The third-order valence-electron chi connectivity index (χ3n) is 3.53. The van der Waals surface area contributed by atoms with Gasteiger partial charge < -0.3 is 11.1 Å². The largest absolute Gasteiger partial charge is 0.417 e. The second kappa shape index (κ2) is 8.75. The van der Waals surface area contributed by atoms with Crippen molar-refractivity contribution < 1.29 is 22.8 Å². The lowest BCUT2D eigenvalue weighted by Crippen LogP contribution is -2.22. The molecule has 148 valence electrons. The van der Waals surface area contributed by atoms with Gasteiger partial charge in [-0.1, -0.05) is 23.7 Å². The number of nitrogen functional groups attached to an aromatic ring is 1. The zero-order chi connectivity index (χ0) is 20.9. The van der Waals surface area contributed by atoms with E-state index < -0.39 is 28.6 Å². The highest BCUT2D eigenvalue weighted by Gasteiger charge is 2.33. The molecule has 0 saturated heterocycles. The van der Waals surface area contributed by atoms with Gasteiger partial charge in [-0.2, -0.15) is 18.3 Å². The summed E-state index contributed by atoms with van der Waals surface area (Å²) in [4.78, 5) is 24.0. The molecule has 0 aromatic heterocycles. The van der Waals surface area contributed by atoms with Crippen LogP contribution in [0.3, 0.4) is 0 Å². The Bertz CT molecular complexity index is 929. The number of nitrogens with one attached hydrogen (secondary N) is 2. The monoisotopic (exact) mass is 412 g/mol. The summed E-state index contributed by atoms with van der Waals surface area (Å²) in [5.74, 6) is -1.16. The summed E-state index contributed by atoms with van der Waals surface area (Å²) in [6.45, 7) is 1.48. The van der Waals surface area contributed by atoms with Crippen LogP contribution in [-0.4, -0.2) is 17.5 Å². The molecule has 0 aliphatic heterocycles. The molecule has 0 spiro atoms. The van der Waals surface area contributed by atoms with Gasteiger partial charge >= 0.3 is 6.18 Å². The fourth-order valence-electron chi connectivity index (χ4n) is 2.21. The fraction of sp³-hybridized carbons (Fsp3) is 0.167. The number of halogens is 4. The maximum Gasteiger partial charge on any atom is 0.417 e. The molecule has 0 saturated carbocycles. The SMILES string of the molecule is CC(CC(=O)Nc1ccc(Cl)c(C(F)(F)F)c1)=NNC(=O)c1ccccc1N. The van der Waals surface area contributed by atoms with Crippen molar-refractivity contribution in [2.45, 2.75) is 19.5 Å². The topological polar surface area (TPSA) is 96.6 Å². The van der Waals surface area contributed by atoms with E-state index in [9.17, 15) is 22.8 Å². The van der Waals surface area contributed by atoms with Crippen LogP contribution in [0.2, 0.25) is 5.02 Å². The van der Waals surface area contributed by atoms with Crippen LogP contribution in [0.25, 0.3) is 0 Å². The van der Waals surface area contributed by atoms with Gasteiger partial charge in [0.25, 0.3) is 5.91 Å². The Hall–Kier alpha value is -3.07. The van der Waals surface area contributed by atoms with Crippen molar-refractivity contribution in [2.75, 3.05) is 11.1 Å². The average molecular weight is 413 g/mol. The van der Waals surface area contributed by atoms with Gasteiger partial charge in [-0.05, 0) is 37.3 Å². The first-order valence-electron chi connectivity index (χ1n) is 7.92. The number of anilines is 2. The third kappa shape index (κ3) is 5.71. The average Bonchev–Trinajstić information content (AvgIpc) is 2.60. The first kappa shape index (κ1) is 21.2. The molecule has 0 unspecified atom stereocenters. The van der Waals surface area contributed by atoms with Gasteiger partial charge in [0.15, 0.2) is 0 Å². The van der Waals surface area contributed by atoms with Gasteiger partial charge in [-0.25, -0.2) is 5.43 Å². The minimum Gasteiger partial charge on any atom is -0.398 e. The van der Waals surface area contributed by atoms with E-state index in [0.717, 1.165) is 12.1 Å². The van der Waals surface area contributed by atoms with Crippen molar-refractivity contribution in [1.82, 2.24) is 5.43 Å². The Labute approximate surface area is 163 Å². The molecule has 0 aliphatic rings. The summed E-state index contributed by atoms with van der Waals surface area (Å²) in [5.41, 5.74) is 7.58. The zero-order valence-corrected chi connectivity index (χ0v) is 15.4. The Kier molecular flexibility index (Phi) is 6.63. The summed E-state index contributed by atoms with van der Waals surface area (Å²) in [5, 5.41) is 5.66. The molecule has 0 atom stereocenters. The first-order valence-corrected chi connectivity index (χ1v) is 8.30. The van der Waals surface area contributed by atoms with Crippen molar-refractivity contribution in [1.29, 1.82) is 0 Å². The first-order chi connectivity index (χ1) is 13.1. The number of alkyl halides is 3. The quantitative estimate of drug-likeness (QED) is 0.392. The van der Waals surface area contributed by atoms with E-state index in [-0.39, 0.29) is 29.1 Å². The van der Waals surface area contributed by atoms with Gasteiger partial charge in [0, 0.05) is 17.1 Å². The number of hydrogen-bond acceptors (Lipinski definition) is 4. The molecular formula is C18H16ClF3N4O2. The normalized spacial score (nSPS) is 11.8. The third-order valence-corrected chi connectivity index (χ3v) is 3.86.